The molecule has 2 unspecified atom stereocenters. The molecule has 158 valence electrons. The van der Waals surface area contributed by atoms with Crippen molar-refractivity contribution < 1.29 is 14.3 Å². The fraction of sp³-hybridized carbons (Fsp3) is 0.636. The van der Waals surface area contributed by atoms with Gasteiger partial charge < -0.3 is 14.5 Å². The Labute approximate surface area is 182 Å². The molecule has 2 fully saturated rings. The van der Waals surface area contributed by atoms with Crippen LogP contribution in [0.5, 0.6) is 0 Å². The largest absolute Gasteiger partial charge is 0.444 e. The van der Waals surface area contributed by atoms with Crippen LogP contribution in [0.1, 0.15) is 57.7 Å². The highest BCUT2D eigenvalue weighted by molar-refractivity contribution is 6.35. The number of likely N-dealkylation sites (tertiary alicyclic amines) is 1. The summed E-state index contributed by atoms with van der Waals surface area (Å²) in [4.78, 5) is 29.5. The molecular weight excluding hydrogens is 411 g/mol. The minimum atomic E-state index is -0.510. The van der Waals surface area contributed by atoms with Gasteiger partial charge in [-0.05, 0) is 70.2 Å². The highest BCUT2D eigenvalue weighted by Gasteiger charge is 2.62. The standard InChI is InChI=1S/C22H28Cl2N2O3/c1-13-18-14(9-15(23)10-17(18)24)5-7-26(13)19(27)16-11-22(16)6-8-25(12-22)20(28)29-21(2,3)4/h9-10,13,16H,5-8,11-12H2,1-4H3/t13-,16?,22?/m0/s1. The van der Waals surface area contributed by atoms with Crippen LogP contribution in [0.25, 0.3) is 0 Å². The number of fused-ring (bicyclic) bond motifs is 1. The molecule has 2 heterocycles. The first-order valence-electron chi connectivity index (χ1n) is 10.3. The van der Waals surface area contributed by atoms with E-state index in [-0.39, 0.29) is 29.4 Å². The number of benzene rings is 1. The zero-order valence-electron chi connectivity index (χ0n) is 17.4. The SMILES string of the molecule is C[C@H]1c2c(Cl)cc(Cl)cc2CCN1C(=O)C1CC12CCN(C(=O)OC(C)(C)C)C2. The summed E-state index contributed by atoms with van der Waals surface area (Å²) in [6.45, 7) is 9.57. The lowest BCUT2D eigenvalue weighted by atomic mass is 9.92. The Kier molecular flexibility index (Phi) is 5.06. The first kappa shape index (κ1) is 20.8. The highest BCUT2D eigenvalue weighted by atomic mass is 35.5. The van der Waals surface area contributed by atoms with Crippen molar-refractivity contribution in [3.8, 4) is 0 Å². The van der Waals surface area contributed by atoms with E-state index < -0.39 is 5.60 Å². The molecule has 1 aromatic carbocycles. The number of amides is 2. The lowest BCUT2D eigenvalue weighted by molar-refractivity contribution is -0.136. The van der Waals surface area contributed by atoms with Gasteiger partial charge in [0.15, 0.2) is 0 Å². The minimum absolute atomic E-state index is 0.0231. The third-order valence-corrected chi connectivity index (χ3v) is 7.03. The molecule has 2 aliphatic heterocycles. The van der Waals surface area contributed by atoms with Crippen molar-refractivity contribution in [1.82, 2.24) is 9.80 Å². The number of hydrogen-bond acceptors (Lipinski definition) is 3. The molecule has 3 aliphatic rings. The maximum Gasteiger partial charge on any atom is 0.410 e. The molecule has 5 nitrogen and oxygen atoms in total. The molecule has 7 heteroatoms. The molecule has 2 amide bonds. The van der Waals surface area contributed by atoms with E-state index >= 15 is 0 Å². The molecule has 1 spiro atoms. The van der Waals surface area contributed by atoms with E-state index in [0.717, 1.165) is 30.4 Å². The van der Waals surface area contributed by atoms with Gasteiger partial charge in [-0.3, -0.25) is 4.79 Å². The van der Waals surface area contributed by atoms with Crippen molar-refractivity contribution >= 4 is 35.2 Å². The minimum Gasteiger partial charge on any atom is -0.444 e. The Hall–Kier alpha value is -1.46. The van der Waals surface area contributed by atoms with Gasteiger partial charge in [-0.25, -0.2) is 4.79 Å². The average molecular weight is 439 g/mol. The summed E-state index contributed by atoms with van der Waals surface area (Å²) >= 11 is 12.6. The zero-order chi connectivity index (χ0) is 21.1. The summed E-state index contributed by atoms with van der Waals surface area (Å²) in [7, 11) is 0. The summed E-state index contributed by atoms with van der Waals surface area (Å²) in [6, 6.07) is 3.63. The van der Waals surface area contributed by atoms with Crippen LogP contribution in [-0.2, 0) is 16.0 Å². The van der Waals surface area contributed by atoms with Gasteiger partial charge in [0.05, 0.1) is 6.04 Å². The summed E-state index contributed by atoms with van der Waals surface area (Å²) in [5.41, 5.74) is 1.54. The van der Waals surface area contributed by atoms with Crippen molar-refractivity contribution in [2.75, 3.05) is 19.6 Å². The number of rotatable bonds is 1. The van der Waals surface area contributed by atoms with E-state index in [1.165, 1.54) is 0 Å². The predicted molar refractivity (Wildman–Crippen MR) is 113 cm³/mol. The van der Waals surface area contributed by atoms with E-state index in [2.05, 4.69) is 0 Å². The third kappa shape index (κ3) is 3.84. The summed E-state index contributed by atoms with van der Waals surface area (Å²) in [6.07, 6.45) is 2.18. The lowest BCUT2D eigenvalue weighted by Gasteiger charge is -2.36. The number of nitrogens with zero attached hydrogens (tertiary/aromatic N) is 2. The third-order valence-electron chi connectivity index (χ3n) is 6.50. The van der Waals surface area contributed by atoms with E-state index in [0.29, 0.717) is 29.7 Å². The van der Waals surface area contributed by atoms with Gasteiger partial charge in [0.2, 0.25) is 5.91 Å². The molecule has 1 aliphatic carbocycles. The Morgan fingerprint density at radius 1 is 1.21 bits per heavy atom. The fourth-order valence-corrected chi connectivity index (χ4v) is 5.62. The maximum absolute atomic E-state index is 13.3. The summed E-state index contributed by atoms with van der Waals surface area (Å²) < 4.78 is 5.50. The monoisotopic (exact) mass is 438 g/mol. The number of carbonyl (C=O) groups excluding carboxylic acids is 2. The molecule has 1 saturated heterocycles. The molecular formula is C22H28Cl2N2O3. The van der Waals surface area contributed by atoms with Gasteiger partial charge in [0.25, 0.3) is 0 Å². The Balaban J connectivity index is 1.44. The first-order valence-corrected chi connectivity index (χ1v) is 11.0. The second kappa shape index (κ2) is 7.05. The molecule has 29 heavy (non-hydrogen) atoms. The number of ether oxygens (including phenoxy) is 1. The van der Waals surface area contributed by atoms with E-state index in [1.807, 2.05) is 38.7 Å². The summed E-state index contributed by atoms with van der Waals surface area (Å²) in [5, 5.41) is 1.26. The Morgan fingerprint density at radius 2 is 1.93 bits per heavy atom. The van der Waals surface area contributed by atoms with Crippen LogP contribution in [0.15, 0.2) is 12.1 Å². The Bertz CT molecular complexity index is 866. The second-order valence-electron chi connectivity index (χ2n) is 9.69. The van der Waals surface area contributed by atoms with Gasteiger partial charge in [0, 0.05) is 41.0 Å². The van der Waals surface area contributed by atoms with E-state index in [1.54, 1.807) is 11.0 Å². The molecule has 1 saturated carbocycles. The van der Waals surface area contributed by atoms with Crippen molar-refractivity contribution in [3.63, 3.8) is 0 Å². The smallest absolute Gasteiger partial charge is 0.410 e. The van der Waals surface area contributed by atoms with Gasteiger partial charge in [-0.15, -0.1) is 0 Å². The fourth-order valence-electron chi connectivity index (χ4n) is 4.93. The van der Waals surface area contributed by atoms with Crippen molar-refractivity contribution in [1.29, 1.82) is 0 Å². The molecule has 1 aromatic rings. The predicted octanol–water partition coefficient (Wildman–Crippen LogP) is 5.09. The van der Waals surface area contributed by atoms with Crippen LogP contribution in [0.2, 0.25) is 10.0 Å². The number of carbonyl (C=O) groups is 2. The molecule has 4 rings (SSSR count). The Morgan fingerprint density at radius 3 is 2.62 bits per heavy atom. The van der Waals surface area contributed by atoms with Crippen molar-refractivity contribution in [2.45, 2.75) is 58.6 Å². The number of hydrogen-bond donors (Lipinski definition) is 0. The lowest BCUT2D eigenvalue weighted by Crippen LogP contribution is -2.41. The van der Waals surface area contributed by atoms with Crippen LogP contribution >= 0.6 is 23.2 Å². The van der Waals surface area contributed by atoms with Gasteiger partial charge in [-0.1, -0.05) is 23.2 Å². The van der Waals surface area contributed by atoms with Crippen molar-refractivity contribution in [2.24, 2.45) is 11.3 Å². The first-order chi connectivity index (χ1) is 13.5. The van der Waals surface area contributed by atoms with Crippen LogP contribution < -0.4 is 0 Å². The molecule has 0 N–H and O–H groups in total. The summed E-state index contributed by atoms with van der Waals surface area (Å²) in [5.74, 6) is 0.158. The normalized spacial score (nSPS) is 28.5. The quantitative estimate of drug-likeness (QED) is 0.613. The zero-order valence-corrected chi connectivity index (χ0v) is 18.9. The molecule has 0 radical (unpaired) electrons. The van der Waals surface area contributed by atoms with Gasteiger partial charge in [0.1, 0.15) is 5.60 Å². The van der Waals surface area contributed by atoms with E-state index in [4.69, 9.17) is 27.9 Å². The van der Waals surface area contributed by atoms with Crippen LogP contribution in [-0.4, -0.2) is 47.0 Å². The van der Waals surface area contributed by atoms with Crippen molar-refractivity contribution in [3.05, 3.63) is 33.3 Å². The van der Waals surface area contributed by atoms with Crippen LogP contribution in [0.4, 0.5) is 4.79 Å². The molecule has 3 atom stereocenters. The topological polar surface area (TPSA) is 49.9 Å². The molecule has 0 aromatic heterocycles. The van der Waals surface area contributed by atoms with Gasteiger partial charge >= 0.3 is 6.09 Å². The second-order valence-corrected chi connectivity index (χ2v) is 10.5. The van der Waals surface area contributed by atoms with Gasteiger partial charge in [-0.2, -0.15) is 0 Å². The number of halogens is 2. The highest BCUT2D eigenvalue weighted by Crippen LogP contribution is 2.60. The van der Waals surface area contributed by atoms with Crippen LogP contribution in [0, 0.1) is 11.3 Å². The van der Waals surface area contributed by atoms with E-state index in [9.17, 15) is 9.59 Å². The molecule has 0 bridgehead atoms. The average Bonchev–Trinajstić information content (AvgIpc) is 3.11. The van der Waals surface area contributed by atoms with Crippen LogP contribution in [0.3, 0.4) is 0 Å². The maximum atomic E-state index is 13.3.